The number of anilines is 1. The molecular formula is C35H34IN2OP. The van der Waals surface area contributed by atoms with E-state index in [0.29, 0.717) is 5.89 Å². The number of nitrogens with zero attached hydrogens (tertiary/aromatic N) is 2. The van der Waals surface area contributed by atoms with Crippen molar-refractivity contribution in [2.24, 2.45) is 0 Å². The molecule has 0 N–H and O–H groups in total. The highest BCUT2D eigenvalue weighted by molar-refractivity contribution is 8.01. The Hall–Kier alpha value is -3.21. The van der Waals surface area contributed by atoms with Crippen molar-refractivity contribution < 1.29 is 28.4 Å². The number of rotatable bonds is 7. The van der Waals surface area contributed by atoms with Crippen molar-refractivity contribution in [1.82, 2.24) is 4.98 Å². The van der Waals surface area contributed by atoms with Gasteiger partial charge >= 0.3 is 0 Å². The van der Waals surface area contributed by atoms with Crippen molar-refractivity contribution >= 4 is 46.6 Å². The summed E-state index contributed by atoms with van der Waals surface area (Å²) in [4.78, 5) is 7.84. The van der Waals surface area contributed by atoms with Crippen molar-refractivity contribution in [1.29, 1.82) is 0 Å². The van der Waals surface area contributed by atoms with E-state index >= 15 is 0 Å². The highest BCUT2D eigenvalue weighted by atomic mass is 127. The third-order valence-corrected chi connectivity index (χ3v) is 11.6. The van der Waals surface area contributed by atoms with Crippen LogP contribution in [0.1, 0.15) is 37.1 Å². The molecule has 1 aliphatic rings. The Labute approximate surface area is 255 Å². The van der Waals surface area contributed by atoms with E-state index < -0.39 is 7.26 Å². The minimum atomic E-state index is -2.38. The Morgan fingerprint density at radius 2 is 1.02 bits per heavy atom. The van der Waals surface area contributed by atoms with E-state index in [2.05, 4.69) is 126 Å². The molecule has 202 valence electrons. The van der Waals surface area contributed by atoms with Crippen LogP contribution in [-0.2, 0) is 0 Å². The highest BCUT2D eigenvalue weighted by Gasteiger charge is 2.53. The summed E-state index contributed by atoms with van der Waals surface area (Å²) in [7, 11) is -2.38. The molecule has 0 aliphatic carbocycles. The Kier molecular flexibility index (Phi) is 9.51. The van der Waals surface area contributed by atoms with E-state index in [1.54, 1.807) is 0 Å². The zero-order valence-electron chi connectivity index (χ0n) is 22.6. The molecule has 0 unspecified atom stereocenters. The lowest BCUT2D eigenvalue weighted by Gasteiger charge is -2.28. The third-order valence-electron chi connectivity index (χ3n) is 7.47. The quantitative estimate of drug-likeness (QED) is 0.197. The van der Waals surface area contributed by atoms with Crippen LogP contribution in [0.3, 0.4) is 0 Å². The first-order valence-corrected chi connectivity index (χ1v) is 15.7. The molecule has 1 fully saturated rings. The van der Waals surface area contributed by atoms with Gasteiger partial charge in [0.1, 0.15) is 15.9 Å². The summed E-state index contributed by atoms with van der Waals surface area (Å²) in [5, 5.41) is 3.85. The fourth-order valence-electron chi connectivity index (χ4n) is 5.59. The predicted molar refractivity (Wildman–Crippen MR) is 167 cm³/mol. The van der Waals surface area contributed by atoms with Crippen LogP contribution in [0.2, 0.25) is 0 Å². The number of hydrogen-bond acceptors (Lipinski definition) is 3. The molecular weight excluding hydrogens is 622 g/mol. The van der Waals surface area contributed by atoms with E-state index in [0.717, 1.165) is 30.0 Å². The standard InChI is InChI=1S/C35H34N2OP.HI/c1-2-16-28-37(27-15-1)35-34(36-33(38-35)26-25-29-17-7-3-8-18-29)39(30-19-9-4-10-20-30,31-21-11-5-12-22-31)32-23-13-6-14-24-32;/h3-14,17-26H,1-2,15-16,27-28H2;1H/q+1;/p-1/b26-25+;. The van der Waals surface area contributed by atoms with Gasteiger partial charge in [-0.2, -0.15) is 4.98 Å². The van der Waals surface area contributed by atoms with Crippen molar-refractivity contribution in [2.75, 3.05) is 18.0 Å². The average molecular weight is 657 g/mol. The van der Waals surface area contributed by atoms with Crippen LogP contribution in [0.25, 0.3) is 12.2 Å². The van der Waals surface area contributed by atoms with E-state index in [9.17, 15) is 0 Å². The zero-order chi connectivity index (χ0) is 26.3. The van der Waals surface area contributed by atoms with Gasteiger partial charge in [-0.25, -0.2) is 0 Å². The molecule has 0 saturated carbocycles. The first-order valence-electron chi connectivity index (χ1n) is 13.9. The summed E-state index contributed by atoms with van der Waals surface area (Å²) < 4.78 is 6.76. The van der Waals surface area contributed by atoms with Crippen LogP contribution in [0.15, 0.2) is 126 Å². The molecule has 40 heavy (non-hydrogen) atoms. The smallest absolute Gasteiger partial charge is 0.262 e. The Morgan fingerprint density at radius 3 is 1.50 bits per heavy atom. The molecule has 0 spiro atoms. The van der Waals surface area contributed by atoms with Gasteiger partial charge < -0.3 is 33.3 Å². The first-order chi connectivity index (χ1) is 19.4. The normalized spacial score (nSPS) is 14.1. The molecule has 2 heterocycles. The summed E-state index contributed by atoms with van der Waals surface area (Å²) in [6, 6.07) is 43.2. The second-order valence-corrected chi connectivity index (χ2v) is 13.3. The molecule has 1 saturated heterocycles. The molecule has 5 aromatic rings. The second-order valence-electron chi connectivity index (χ2n) is 10.0. The second kappa shape index (κ2) is 13.4. The zero-order valence-corrected chi connectivity index (χ0v) is 25.6. The topological polar surface area (TPSA) is 29.3 Å². The van der Waals surface area contributed by atoms with Gasteiger partial charge in [0.15, 0.2) is 7.26 Å². The van der Waals surface area contributed by atoms with Gasteiger partial charge in [-0.3, -0.25) is 0 Å². The predicted octanol–water partition coefficient (Wildman–Crippen LogP) is 3.85. The van der Waals surface area contributed by atoms with Gasteiger partial charge in [-0.15, -0.1) is 0 Å². The Morgan fingerprint density at radius 1 is 0.575 bits per heavy atom. The van der Waals surface area contributed by atoms with Crippen molar-refractivity contribution in [3.63, 3.8) is 0 Å². The number of hydrogen-bond donors (Lipinski definition) is 0. The molecule has 0 bridgehead atoms. The van der Waals surface area contributed by atoms with Crippen LogP contribution in [0.5, 0.6) is 0 Å². The van der Waals surface area contributed by atoms with Gasteiger partial charge in [-0.05, 0) is 60.9 Å². The lowest BCUT2D eigenvalue weighted by Crippen LogP contribution is -3.00. The maximum atomic E-state index is 6.76. The fourth-order valence-corrected chi connectivity index (χ4v) is 9.80. The summed E-state index contributed by atoms with van der Waals surface area (Å²) in [6.07, 6.45) is 8.98. The number of benzene rings is 4. The summed E-state index contributed by atoms with van der Waals surface area (Å²) in [6.45, 7) is 1.98. The molecule has 1 aliphatic heterocycles. The molecule has 1 aromatic heterocycles. The maximum absolute atomic E-state index is 6.76. The number of oxazole rings is 1. The van der Waals surface area contributed by atoms with Crippen LogP contribution in [0.4, 0.5) is 5.88 Å². The van der Waals surface area contributed by atoms with Crippen molar-refractivity contribution in [3.05, 3.63) is 133 Å². The first kappa shape index (κ1) is 28.3. The molecule has 4 aromatic carbocycles. The molecule has 5 heteroatoms. The molecule has 6 rings (SSSR count). The lowest BCUT2D eigenvalue weighted by atomic mass is 10.2. The van der Waals surface area contributed by atoms with Crippen molar-refractivity contribution in [2.45, 2.75) is 25.7 Å². The maximum Gasteiger partial charge on any atom is 0.262 e. The van der Waals surface area contributed by atoms with Crippen molar-refractivity contribution in [3.8, 4) is 0 Å². The summed E-state index contributed by atoms with van der Waals surface area (Å²) in [5.74, 6) is 1.58. The van der Waals surface area contributed by atoms with Gasteiger partial charge in [0.25, 0.3) is 11.3 Å². The van der Waals surface area contributed by atoms with E-state index in [-0.39, 0.29) is 24.0 Å². The van der Waals surface area contributed by atoms with Gasteiger partial charge in [0, 0.05) is 19.2 Å². The van der Waals surface area contributed by atoms with E-state index in [1.165, 1.54) is 41.6 Å². The highest BCUT2D eigenvalue weighted by Crippen LogP contribution is 2.56. The third kappa shape index (κ3) is 5.80. The Balaban J connectivity index is 0.00000323. The van der Waals surface area contributed by atoms with Gasteiger partial charge in [0.05, 0.1) is 0 Å². The van der Waals surface area contributed by atoms with Crippen LogP contribution in [0, 0.1) is 0 Å². The SMILES string of the molecule is C(=C\c1nc([P+](c2ccccc2)(c2ccccc2)c2ccccc2)c(N2CCCCCC2)o1)/c1ccccc1.[I-]. The summed E-state index contributed by atoms with van der Waals surface area (Å²) >= 11 is 0. The van der Waals surface area contributed by atoms with E-state index in [1.807, 2.05) is 12.1 Å². The average Bonchev–Trinajstić information content (AvgIpc) is 3.24. The molecule has 0 amide bonds. The fraction of sp³-hybridized carbons (Fsp3) is 0.171. The van der Waals surface area contributed by atoms with Gasteiger partial charge in [0.2, 0.25) is 5.89 Å². The summed E-state index contributed by atoms with van der Waals surface area (Å²) in [5.41, 5.74) is 2.18. The molecule has 0 radical (unpaired) electrons. The van der Waals surface area contributed by atoms with E-state index in [4.69, 9.17) is 9.40 Å². The number of halogens is 1. The number of aromatic nitrogens is 1. The van der Waals surface area contributed by atoms with Crippen LogP contribution < -0.4 is 50.2 Å². The molecule has 3 nitrogen and oxygen atoms in total. The van der Waals surface area contributed by atoms with Crippen LogP contribution in [-0.4, -0.2) is 18.1 Å². The Bertz CT molecular complexity index is 1400. The van der Waals surface area contributed by atoms with Gasteiger partial charge in [-0.1, -0.05) is 97.8 Å². The monoisotopic (exact) mass is 656 g/mol. The molecule has 0 atom stereocenters. The largest absolute Gasteiger partial charge is 1.00 e. The minimum absolute atomic E-state index is 0. The van der Waals surface area contributed by atoms with Crippen LogP contribution >= 0.6 is 7.26 Å². The minimum Gasteiger partial charge on any atom is -1.00 e. The lowest BCUT2D eigenvalue weighted by molar-refractivity contribution is -0.00000809.